The lowest BCUT2D eigenvalue weighted by atomic mass is 9.95. The Kier molecular flexibility index (Phi) is 5.63. The Hall–Kier alpha value is -2.34. The fourth-order valence-electron chi connectivity index (χ4n) is 3.49. The molecule has 3 aromatic carbocycles. The van der Waals surface area contributed by atoms with Gasteiger partial charge in [-0.15, -0.1) is 0 Å². The minimum absolute atomic E-state index is 0.118. The number of benzene rings is 3. The van der Waals surface area contributed by atoms with E-state index in [1.54, 1.807) is 36.4 Å². The Balaban J connectivity index is 1.93. The van der Waals surface area contributed by atoms with Crippen molar-refractivity contribution in [2.75, 3.05) is 11.9 Å². The zero-order chi connectivity index (χ0) is 20.5. The van der Waals surface area contributed by atoms with Gasteiger partial charge in [-0.2, -0.15) is 0 Å². The summed E-state index contributed by atoms with van der Waals surface area (Å²) in [5.41, 5.74) is 2.58. The van der Waals surface area contributed by atoms with Crippen molar-refractivity contribution in [3.63, 3.8) is 0 Å². The average molecular weight is 490 g/mol. The molecule has 3 aromatic rings. The molecule has 0 saturated heterocycles. The Morgan fingerprint density at radius 3 is 2.59 bits per heavy atom. The lowest BCUT2D eigenvalue weighted by Gasteiger charge is -2.31. The molecular formula is C22H15BrCl2N2O2. The highest BCUT2D eigenvalue weighted by molar-refractivity contribution is 9.10. The molecular weight excluding hydrogens is 475 g/mol. The molecule has 0 bridgehead atoms. The zero-order valence-electron chi connectivity index (χ0n) is 15.0. The van der Waals surface area contributed by atoms with Crippen LogP contribution in [0, 0.1) is 0 Å². The van der Waals surface area contributed by atoms with E-state index in [0.717, 1.165) is 15.6 Å². The number of hydrogen-bond acceptors (Lipinski definition) is 2. The van der Waals surface area contributed by atoms with E-state index in [9.17, 15) is 9.59 Å². The summed E-state index contributed by atoms with van der Waals surface area (Å²) in [7, 11) is 0. The first-order valence-electron chi connectivity index (χ1n) is 8.84. The van der Waals surface area contributed by atoms with Crippen LogP contribution in [0.3, 0.4) is 0 Å². The van der Waals surface area contributed by atoms with Gasteiger partial charge in [0.15, 0.2) is 0 Å². The van der Waals surface area contributed by atoms with Gasteiger partial charge in [-0.1, -0.05) is 63.4 Å². The highest BCUT2D eigenvalue weighted by atomic mass is 79.9. The molecule has 0 fully saturated rings. The summed E-state index contributed by atoms with van der Waals surface area (Å²) < 4.78 is 0.838. The molecule has 1 aliphatic rings. The summed E-state index contributed by atoms with van der Waals surface area (Å²) in [6.07, 6.45) is 0. The van der Waals surface area contributed by atoms with E-state index >= 15 is 0 Å². The van der Waals surface area contributed by atoms with Gasteiger partial charge >= 0.3 is 0 Å². The van der Waals surface area contributed by atoms with E-state index in [0.29, 0.717) is 21.3 Å². The van der Waals surface area contributed by atoms with E-state index in [1.165, 1.54) is 4.90 Å². The lowest BCUT2D eigenvalue weighted by Crippen LogP contribution is -2.39. The molecule has 1 N–H and O–H groups in total. The van der Waals surface area contributed by atoms with Crippen LogP contribution in [0.1, 0.15) is 27.5 Å². The molecule has 0 spiro atoms. The minimum atomic E-state index is -0.524. The van der Waals surface area contributed by atoms with E-state index < -0.39 is 6.04 Å². The summed E-state index contributed by atoms with van der Waals surface area (Å²) >= 11 is 16.0. The van der Waals surface area contributed by atoms with Crippen molar-refractivity contribution in [3.8, 4) is 0 Å². The Morgan fingerprint density at radius 2 is 1.83 bits per heavy atom. The molecule has 1 atom stereocenters. The Bertz CT molecular complexity index is 1120. The second-order valence-electron chi connectivity index (χ2n) is 6.65. The van der Waals surface area contributed by atoms with E-state index in [-0.39, 0.29) is 18.4 Å². The predicted octanol–water partition coefficient (Wildman–Crippen LogP) is 5.94. The molecule has 1 aliphatic heterocycles. The van der Waals surface area contributed by atoms with Crippen LogP contribution in [-0.4, -0.2) is 23.3 Å². The number of carbonyl (C=O) groups excluding carboxylic acids is 2. The van der Waals surface area contributed by atoms with Crippen LogP contribution in [0.15, 0.2) is 71.2 Å². The second-order valence-corrected chi connectivity index (χ2v) is 8.41. The first-order valence-corrected chi connectivity index (χ1v) is 10.4. The van der Waals surface area contributed by atoms with Crippen LogP contribution >= 0.6 is 39.1 Å². The monoisotopic (exact) mass is 488 g/mol. The van der Waals surface area contributed by atoms with E-state index in [1.807, 2.05) is 30.3 Å². The molecule has 7 heteroatoms. The van der Waals surface area contributed by atoms with Gasteiger partial charge in [-0.3, -0.25) is 9.59 Å². The molecule has 0 radical (unpaired) electrons. The van der Waals surface area contributed by atoms with Gasteiger partial charge in [0, 0.05) is 20.7 Å². The summed E-state index contributed by atoms with van der Waals surface area (Å²) in [5.74, 6) is -0.609. The third kappa shape index (κ3) is 4.04. The van der Waals surface area contributed by atoms with Crippen molar-refractivity contribution >= 4 is 56.6 Å². The van der Waals surface area contributed by atoms with Gasteiger partial charge in [0.2, 0.25) is 5.91 Å². The fourth-order valence-corrected chi connectivity index (χ4v) is 4.29. The van der Waals surface area contributed by atoms with Crippen LogP contribution in [-0.2, 0) is 4.79 Å². The minimum Gasteiger partial charge on any atom is -0.324 e. The number of amides is 2. The van der Waals surface area contributed by atoms with Gasteiger partial charge in [0.25, 0.3) is 5.91 Å². The van der Waals surface area contributed by atoms with Crippen molar-refractivity contribution in [1.82, 2.24) is 4.90 Å². The number of anilines is 1. The summed E-state index contributed by atoms with van der Waals surface area (Å²) in [6.45, 7) is -0.118. The number of nitrogens with zero attached hydrogens (tertiary/aromatic N) is 1. The molecule has 29 heavy (non-hydrogen) atoms. The van der Waals surface area contributed by atoms with Crippen molar-refractivity contribution in [2.24, 2.45) is 0 Å². The Morgan fingerprint density at radius 1 is 1.03 bits per heavy atom. The maximum atomic E-state index is 13.5. The zero-order valence-corrected chi connectivity index (χ0v) is 18.1. The van der Waals surface area contributed by atoms with Crippen LogP contribution in [0.25, 0.3) is 0 Å². The topological polar surface area (TPSA) is 49.4 Å². The van der Waals surface area contributed by atoms with Gasteiger partial charge in [0.05, 0.1) is 16.6 Å². The van der Waals surface area contributed by atoms with Crippen LogP contribution in [0.5, 0.6) is 0 Å². The molecule has 4 rings (SSSR count). The number of rotatable bonds is 2. The summed E-state index contributed by atoms with van der Waals surface area (Å²) in [5, 5.41) is 3.78. The number of hydrogen-bond donors (Lipinski definition) is 1. The SMILES string of the molecule is O=C1CN(C(=O)c2ccccc2Cl)C(c2cccc(Cl)c2)c2cc(Br)ccc2N1. The fraction of sp³-hybridized carbons (Fsp3) is 0.0909. The molecule has 0 aromatic heterocycles. The highest BCUT2D eigenvalue weighted by Gasteiger charge is 2.34. The van der Waals surface area contributed by atoms with Crippen molar-refractivity contribution < 1.29 is 9.59 Å². The van der Waals surface area contributed by atoms with Gasteiger partial charge in [-0.05, 0) is 48.0 Å². The number of carbonyl (C=O) groups is 2. The van der Waals surface area contributed by atoms with Crippen LogP contribution < -0.4 is 5.32 Å². The molecule has 2 amide bonds. The molecule has 4 nitrogen and oxygen atoms in total. The maximum absolute atomic E-state index is 13.5. The molecule has 0 saturated carbocycles. The van der Waals surface area contributed by atoms with E-state index in [4.69, 9.17) is 23.2 Å². The largest absolute Gasteiger partial charge is 0.324 e. The number of nitrogens with one attached hydrogen (secondary N) is 1. The number of fused-ring (bicyclic) bond motifs is 1. The third-order valence-electron chi connectivity index (χ3n) is 4.74. The van der Waals surface area contributed by atoms with Crippen LogP contribution in [0.4, 0.5) is 5.69 Å². The molecule has 146 valence electrons. The number of halogens is 3. The smallest absolute Gasteiger partial charge is 0.256 e. The Labute approximate surface area is 186 Å². The quantitative estimate of drug-likeness (QED) is 0.484. The lowest BCUT2D eigenvalue weighted by molar-refractivity contribution is -0.117. The average Bonchev–Trinajstić information content (AvgIpc) is 2.83. The third-order valence-corrected chi connectivity index (χ3v) is 5.80. The highest BCUT2D eigenvalue weighted by Crippen LogP contribution is 2.39. The molecule has 1 heterocycles. The maximum Gasteiger partial charge on any atom is 0.256 e. The van der Waals surface area contributed by atoms with Gasteiger partial charge < -0.3 is 10.2 Å². The molecule has 1 unspecified atom stereocenters. The molecule has 0 aliphatic carbocycles. The van der Waals surface area contributed by atoms with Gasteiger partial charge in [0.1, 0.15) is 6.54 Å². The van der Waals surface area contributed by atoms with Crippen molar-refractivity contribution in [1.29, 1.82) is 0 Å². The van der Waals surface area contributed by atoms with E-state index in [2.05, 4.69) is 21.2 Å². The first kappa shape index (κ1) is 20.0. The predicted molar refractivity (Wildman–Crippen MR) is 119 cm³/mol. The van der Waals surface area contributed by atoms with Crippen molar-refractivity contribution in [3.05, 3.63) is 97.9 Å². The second kappa shape index (κ2) is 8.19. The standard InChI is InChI=1S/C22H15BrCl2N2O2/c23-14-8-9-19-17(11-14)21(13-4-3-5-15(24)10-13)27(12-20(28)26-19)22(29)16-6-1-2-7-18(16)25/h1-11,21H,12H2,(H,26,28). The summed E-state index contributed by atoms with van der Waals surface area (Å²) in [4.78, 5) is 27.7. The van der Waals surface area contributed by atoms with Crippen molar-refractivity contribution in [2.45, 2.75) is 6.04 Å². The van der Waals surface area contributed by atoms with Crippen LogP contribution in [0.2, 0.25) is 10.0 Å². The summed E-state index contributed by atoms with van der Waals surface area (Å²) in [6, 6.07) is 19.2. The first-order chi connectivity index (χ1) is 13.9. The normalized spacial score (nSPS) is 16.0. The van der Waals surface area contributed by atoms with Gasteiger partial charge in [-0.25, -0.2) is 0 Å².